The summed E-state index contributed by atoms with van der Waals surface area (Å²) >= 11 is 0. The summed E-state index contributed by atoms with van der Waals surface area (Å²) in [6, 6.07) is 16.8. The molecule has 194 valence electrons. The number of hydrogen-bond donors (Lipinski definition) is 0. The quantitative estimate of drug-likeness (QED) is 0.178. The molecule has 4 heteroatoms. The molecule has 0 fully saturated rings. The highest BCUT2D eigenvalue weighted by molar-refractivity contribution is 5.64. The Morgan fingerprint density at radius 2 is 1.28 bits per heavy atom. The average Bonchev–Trinajstić information content (AvgIpc) is 2.92. The van der Waals surface area contributed by atoms with Gasteiger partial charge >= 0.3 is 0 Å². The van der Waals surface area contributed by atoms with Crippen LogP contribution in [-0.2, 0) is 11.2 Å². The lowest BCUT2D eigenvalue weighted by molar-refractivity contribution is 0.0309. The fourth-order valence-electron chi connectivity index (χ4n) is 4.17. The minimum atomic E-state index is 0.0894. The predicted octanol–water partition coefficient (Wildman–Crippen LogP) is 8.69. The maximum Gasteiger partial charge on any atom is 0.159 e. The van der Waals surface area contributed by atoms with Crippen molar-refractivity contribution >= 4 is 0 Å². The Kier molecular flexibility index (Phi) is 12.5. The average molecular weight is 489 g/mol. The first-order valence-corrected chi connectivity index (χ1v) is 14.0. The van der Waals surface area contributed by atoms with Crippen LogP contribution >= 0.6 is 0 Å². The van der Waals surface area contributed by atoms with Gasteiger partial charge in [0.2, 0.25) is 0 Å². The second-order valence-electron chi connectivity index (χ2n) is 9.73. The normalized spacial score (nSPS) is 12.0. The van der Waals surface area contributed by atoms with Gasteiger partial charge in [-0.3, -0.25) is 0 Å². The van der Waals surface area contributed by atoms with Crippen LogP contribution in [0, 0.1) is 0 Å². The number of ether oxygens (including phenoxy) is 2. The number of rotatable bonds is 17. The lowest BCUT2D eigenvalue weighted by atomic mass is 10.0. The zero-order chi connectivity index (χ0) is 25.4. The number of nitrogens with zero attached hydrogens (tertiary/aromatic N) is 2. The van der Waals surface area contributed by atoms with Crippen molar-refractivity contribution in [2.75, 3.05) is 13.2 Å². The largest absolute Gasteiger partial charge is 0.491 e. The zero-order valence-electron chi connectivity index (χ0n) is 22.5. The van der Waals surface area contributed by atoms with Crippen LogP contribution in [-0.4, -0.2) is 29.3 Å². The second kappa shape index (κ2) is 16.1. The van der Waals surface area contributed by atoms with Gasteiger partial charge in [-0.1, -0.05) is 95.2 Å². The van der Waals surface area contributed by atoms with Gasteiger partial charge < -0.3 is 9.47 Å². The highest BCUT2D eigenvalue weighted by Gasteiger charge is 2.06. The van der Waals surface area contributed by atoms with Crippen molar-refractivity contribution in [1.82, 2.24) is 9.97 Å². The fourth-order valence-corrected chi connectivity index (χ4v) is 4.17. The molecule has 0 amide bonds. The Labute approximate surface area is 218 Å². The SMILES string of the molecule is CCCCCCCCCc1ccc(-c2ncc(-c3ccc(OCC(C)OCCCC)cc3)cn2)cc1. The summed E-state index contributed by atoms with van der Waals surface area (Å²) in [5, 5.41) is 0. The number of aryl methyl sites for hydroxylation is 1. The van der Waals surface area contributed by atoms with Crippen LogP contribution in [0.15, 0.2) is 60.9 Å². The van der Waals surface area contributed by atoms with Crippen LogP contribution in [0.25, 0.3) is 22.5 Å². The van der Waals surface area contributed by atoms with Gasteiger partial charge in [-0.05, 0) is 49.4 Å². The van der Waals surface area contributed by atoms with Crippen LogP contribution in [0.5, 0.6) is 5.75 Å². The third-order valence-corrected chi connectivity index (χ3v) is 6.51. The Hall–Kier alpha value is -2.72. The van der Waals surface area contributed by atoms with E-state index < -0.39 is 0 Å². The molecule has 1 unspecified atom stereocenters. The summed E-state index contributed by atoms with van der Waals surface area (Å²) in [5.74, 6) is 1.61. The lowest BCUT2D eigenvalue weighted by Crippen LogP contribution is -2.18. The van der Waals surface area contributed by atoms with Gasteiger partial charge in [0.15, 0.2) is 5.82 Å². The zero-order valence-corrected chi connectivity index (χ0v) is 22.5. The Bertz CT molecular complexity index is 969. The van der Waals surface area contributed by atoms with Crippen LogP contribution in [0.2, 0.25) is 0 Å². The van der Waals surface area contributed by atoms with E-state index in [0.717, 1.165) is 54.1 Å². The molecule has 0 spiro atoms. The number of aromatic nitrogens is 2. The Morgan fingerprint density at radius 3 is 1.94 bits per heavy atom. The maximum absolute atomic E-state index is 5.87. The minimum absolute atomic E-state index is 0.0894. The predicted molar refractivity (Wildman–Crippen MR) is 150 cm³/mol. The van der Waals surface area contributed by atoms with Gasteiger partial charge in [0.25, 0.3) is 0 Å². The molecule has 0 aliphatic heterocycles. The first-order valence-electron chi connectivity index (χ1n) is 14.0. The molecule has 1 aromatic heterocycles. The van der Waals surface area contributed by atoms with E-state index in [-0.39, 0.29) is 6.10 Å². The Balaban J connectivity index is 1.45. The van der Waals surface area contributed by atoms with Crippen molar-refractivity contribution in [3.63, 3.8) is 0 Å². The van der Waals surface area contributed by atoms with Gasteiger partial charge in [-0.2, -0.15) is 0 Å². The molecule has 3 aromatic rings. The van der Waals surface area contributed by atoms with Crippen molar-refractivity contribution in [3.8, 4) is 28.3 Å². The molecule has 2 aromatic carbocycles. The summed E-state index contributed by atoms with van der Waals surface area (Å²) in [7, 11) is 0. The van der Waals surface area contributed by atoms with Crippen LogP contribution in [0.4, 0.5) is 0 Å². The first-order chi connectivity index (χ1) is 17.7. The molecule has 0 saturated heterocycles. The van der Waals surface area contributed by atoms with Crippen LogP contribution in [0.3, 0.4) is 0 Å². The smallest absolute Gasteiger partial charge is 0.159 e. The maximum atomic E-state index is 5.87. The van der Waals surface area contributed by atoms with E-state index in [1.54, 1.807) is 0 Å². The standard InChI is InChI=1S/C32H44N2O2/c1-4-6-8-9-10-11-12-13-27-14-16-29(17-15-27)32-33-23-30(24-34-32)28-18-20-31(21-19-28)36-25-26(3)35-22-7-5-2/h14-21,23-24,26H,4-13,22,25H2,1-3H3. The van der Waals surface area contributed by atoms with E-state index in [1.807, 2.05) is 31.5 Å². The Morgan fingerprint density at radius 1 is 0.667 bits per heavy atom. The molecular formula is C32H44N2O2. The number of hydrogen-bond acceptors (Lipinski definition) is 4. The fraction of sp³-hybridized carbons (Fsp3) is 0.500. The molecule has 0 N–H and O–H groups in total. The highest BCUT2D eigenvalue weighted by Crippen LogP contribution is 2.24. The van der Waals surface area contributed by atoms with E-state index in [1.165, 1.54) is 50.5 Å². The van der Waals surface area contributed by atoms with Crippen molar-refractivity contribution in [1.29, 1.82) is 0 Å². The van der Waals surface area contributed by atoms with Crippen LogP contribution < -0.4 is 4.74 Å². The third kappa shape index (κ3) is 9.73. The monoisotopic (exact) mass is 488 g/mol. The summed E-state index contributed by atoms with van der Waals surface area (Å²) in [4.78, 5) is 9.25. The summed E-state index contributed by atoms with van der Waals surface area (Å²) in [5.41, 5.74) is 4.53. The first kappa shape index (κ1) is 27.9. The molecule has 0 aliphatic carbocycles. The van der Waals surface area contributed by atoms with Crippen molar-refractivity contribution < 1.29 is 9.47 Å². The van der Waals surface area contributed by atoms with E-state index >= 15 is 0 Å². The molecule has 0 bridgehead atoms. The molecule has 1 atom stereocenters. The third-order valence-electron chi connectivity index (χ3n) is 6.51. The van der Waals surface area contributed by atoms with E-state index in [9.17, 15) is 0 Å². The summed E-state index contributed by atoms with van der Waals surface area (Å²) in [6.07, 6.45) is 16.7. The van der Waals surface area contributed by atoms with Gasteiger partial charge in [-0.15, -0.1) is 0 Å². The van der Waals surface area contributed by atoms with Gasteiger partial charge in [0, 0.05) is 30.1 Å². The van der Waals surface area contributed by atoms with Crippen LogP contribution in [0.1, 0.15) is 84.1 Å². The molecule has 0 saturated carbocycles. The minimum Gasteiger partial charge on any atom is -0.491 e. The van der Waals surface area contributed by atoms with Crippen molar-refractivity contribution in [2.45, 2.75) is 91.1 Å². The molecule has 4 nitrogen and oxygen atoms in total. The van der Waals surface area contributed by atoms with Crippen molar-refractivity contribution in [3.05, 3.63) is 66.5 Å². The van der Waals surface area contributed by atoms with Gasteiger partial charge in [0.05, 0.1) is 6.10 Å². The topological polar surface area (TPSA) is 44.2 Å². The van der Waals surface area contributed by atoms with Gasteiger partial charge in [0.1, 0.15) is 12.4 Å². The summed E-state index contributed by atoms with van der Waals surface area (Å²) in [6.45, 7) is 7.83. The summed E-state index contributed by atoms with van der Waals surface area (Å²) < 4.78 is 11.6. The molecule has 0 radical (unpaired) electrons. The van der Waals surface area contributed by atoms with Crippen molar-refractivity contribution in [2.24, 2.45) is 0 Å². The van der Waals surface area contributed by atoms with E-state index in [2.05, 4.69) is 60.2 Å². The second-order valence-corrected chi connectivity index (χ2v) is 9.73. The molecule has 0 aliphatic rings. The molecule has 3 rings (SSSR count). The highest BCUT2D eigenvalue weighted by atomic mass is 16.5. The van der Waals surface area contributed by atoms with E-state index in [4.69, 9.17) is 9.47 Å². The van der Waals surface area contributed by atoms with Gasteiger partial charge in [-0.25, -0.2) is 9.97 Å². The molecule has 36 heavy (non-hydrogen) atoms. The number of unbranched alkanes of at least 4 members (excludes halogenated alkanes) is 7. The molecular weight excluding hydrogens is 444 g/mol. The van der Waals surface area contributed by atoms with E-state index in [0.29, 0.717) is 6.61 Å². The lowest BCUT2D eigenvalue weighted by Gasteiger charge is -2.14. The molecule has 1 heterocycles. The number of benzene rings is 2.